The number of rotatable bonds is 4. The second-order valence-corrected chi connectivity index (χ2v) is 5.94. The normalized spacial score (nSPS) is 14.3. The first-order valence-corrected chi connectivity index (χ1v) is 7.74. The molecule has 1 saturated carbocycles. The van der Waals surface area contributed by atoms with Crippen molar-refractivity contribution in [3.63, 3.8) is 0 Å². The van der Waals surface area contributed by atoms with Gasteiger partial charge in [0.2, 0.25) is 5.95 Å². The number of nitrogens with one attached hydrogen (secondary N) is 1. The molecule has 4 rings (SSSR count). The zero-order valence-electron chi connectivity index (χ0n) is 11.5. The number of ether oxygens (including phenoxy) is 1. The third-order valence-corrected chi connectivity index (χ3v) is 4.39. The third kappa shape index (κ3) is 2.42. The standard InChI is InChI=1S/C15H14N4OS/c1-20-15-18-13(17-14(19-15)16-9-6-7-9)11-8-21-12-5-3-2-4-10(11)12/h2-5,8-9H,6-7H2,1H3,(H,16,17,18,19). The topological polar surface area (TPSA) is 59.9 Å². The molecule has 6 heteroatoms. The van der Waals surface area contributed by atoms with E-state index in [0.29, 0.717) is 23.8 Å². The second kappa shape index (κ2) is 4.96. The zero-order valence-corrected chi connectivity index (χ0v) is 12.4. The summed E-state index contributed by atoms with van der Waals surface area (Å²) in [6.45, 7) is 0. The maximum atomic E-state index is 5.21. The van der Waals surface area contributed by atoms with Gasteiger partial charge in [-0.15, -0.1) is 11.3 Å². The molecule has 0 saturated heterocycles. The molecule has 106 valence electrons. The molecule has 0 unspecified atom stereocenters. The third-order valence-electron chi connectivity index (χ3n) is 3.43. The van der Waals surface area contributed by atoms with Crippen LogP contribution in [0.3, 0.4) is 0 Å². The van der Waals surface area contributed by atoms with E-state index >= 15 is 0 Å². The van der Waals surface area contributed by atoms with Gasteiger partial charge in [-0.1, -0.05) is 18.2 Å². The molecule has 21 heavy (non-hydrogen) atoms. The van der Waals surface area contributed by atoms with Gasteiger partial charge in [-0.2, -0.15) is 15.0 Å². The van der Waals surface area contributed by atoms with Crippen LogP contribution in [0.25, 0.3) is 21.5 Å². The van der Waals surface area contributed by atoms with Crippen LogP contribution in [0.15, 0.2) is 29.6 Å². The monoisotopic (exact) mass is 298 g/mol. The molecule has 2 aromatic heterocycles. The van der Waals surface area contributed by atoms with Gasteiger partial charge in [-0.25, -0.2) is 0 Å². The SMILES string of the molecule is COc1nc(NC2CC2)nc(-c2csc3ccccc23)n1. The fourth-order valence-corrected chi connectivity index (χ4v) is 3.13. The van der Waals surface area contributed by atoms with E-state index in [2.05, 4.69) is 37.8 Å². The summed E-state index contributed by atoms with van der Waals surface area (Å²) in [7, 11) is 1.58. The van der Waals surface area contributed by atoms with Gasteiger partial charge in [-0.3, -0.25) is 0 Å². The number of anilines is 1. The van der Waals surface area contributed by atoms with Crippen LogP contribution in [0, 0.1) is 0 Å². The summed E-state index contributed by atoms with van der Waals surface area (Å²) in [5.41, 5.74) is 1.02. The zero-order chi connectivity index (χ0) is 14.2. The molecule has 0 spiro atoms. The number of hydrogen-bond acceptors (Lipinski definition) is 6. The van der Waals surface area contributed by atoms with E-state index in [1.807, 2.05) is 12.1 Å². The van der Waals surface area contributed by atoms with E-state index in [0.717, 1.165) is 10.9 Å². The first-order chi connectivity index (χ1) is 10.3. The average Bonchev–Trinajstić information content (AvgIpc) is 3.22. The van der Waals surface area contributed by atoms with Crippen molar-refractivity contribution in [2.75, 3.05) is 12.4 Å². The summed E-state index contributed by atoms with van der Waals surface area (Å²) in [6, 6.07) is 9.09. The quantitative estimate of drug-likeness (QED) is 0.800. The van der Waals surface area contributed by atoms with E-state index in [-0.39, 0.29) is 0 Å². The van der Waals surface area contributed by atoms with E-state index in [1.165, 1.54) is 17.5 Å². The molecule has 1 aromatic carbocycles. The lowest BCUT2D eigenvalue weighted by Gasteiger charge is -2.07. The number of nitrogens with zero attached hydrogens (tertiary/aromatic N) is 3. The van der Waals surface area contributed by atoms with E-state index in [4.69, 9.17) is 4.74 Å². The first-order valence-electron chi connectivity index (χ1n) is 6.87. The van der Waals surface area contributed by atoms with E-state index in [9.17, 15) is 0 Å². The highest BCUT2D eigenvalue weighted by Crippen LogP contribution is 2.33. The van der Waals surface area contributed by atoms with Crippen molar-refractivity contribution in [2.24, 2.45) is 0 Å². The molecular weight excluding hydrogens is 284 g/mol. The summed E-state index contributed by atoms with van der Waals surface area (Å²) < 4.78 is 6.43. The number of fused-ring (bicyclic) bond motifs is 1. The highest BCUT2D eigenvalue weighted by atomic mass is 32.1. The molecule has 2 heterocycles. The van der Waals surface area contributed by atoms with Gasteiger partial charge >= 0.3 is 6.01 Å². The minimum absolute atomic E-state index is 0.346. The van der Waals surface area contributed by atoms with E-state index < -0.39 is 0 Å². The molecule has 1 N–H and O–H groups in total. The van der Waals surface area contributed by atoms with E-state index in [1.54, 1.807) is 18.4 Å². The molecule has 0 bridgehead atoms. The minimum atomic E-state index is 0.346. The van der Waals surface area contributed by atoms with Crippen LogP contribution in [0.1, 0.15) is 12.8 Å². The first kappa shape index (κ1) is 12.5. The van der Waals surface area contributed by atoms with Crippen molar-refractivity contribution in [1.29, 1.82) is 0 Å². The summed E-state index contributed by atoms with van der Waals surface area (Å²) in [4.78, 5) is 13.2. The molecule has 1 fully saturated rings. The Morgan fingerprint density at radius 2 is 2.05 bits per heavy atom. The Morgan fingerprint density at radius 1 is 1.19 bits per heavy atom. The number of aromatic nitrogens is 3. The van der Waals surface area contributed by atoms with Crippen molar-refractivity contribution in [1.82, 2.24) is 15.0 Å². The molecule has 0 amide bonds. The van der Waals surface area contributed by atoms with Crippen LogP contribution in [-0.2, 0) is 0 Å². The predicted octanol–water partition coefficient (Wildman–Crippen LogP) is 3.34. The summed E-state index contributed by atoms with van der Waals surface area (Å²) >= 11 is 1.69. The fraction of sp³-hybridized carbons (Fsp3) is 0.267. The Labute approximate surface area is 126 Å². The maximum Gasteiger partial charge on any atom is 0.321 e. The van der Waals surface area contributed by atoms with Crippen molar-refractivity contribution < 1.29 is 4.74 Å². The predicted molar refractivity (Wildman–Crippen MR) is 83.8 cm³/mol. The Kier molecular flexibility index (Phi) is 2.96. The molecular formula is C15H14N4OS. The molecule has 0 radical (unpaired) electrons. The van der Waals surface area contributed by atoms with Gasteiger partial charge in [0.1, 0.15) is 0 Å². The second-order valence-electron chi connectivity index (χ2n) is 5.03. The lowest BCUT2D eigenvalue weighted by molar-refractivity contribution is 0.379. The van der Waals surface area contributed by atoms with Gasteiger partial charge in [-0.05, 0) is 18.9 Å². The number of methoxy groups -OCH3 is 1. The van der Waals surface area contributed by atoms with Crippen molar-refractivity contribution in [2.45, 2.75) is 18.9 Å². The average molecular weight is 298 g/mol. The van der Waals surface area contributed by atoms with Gasteiger partial charge in [0.05, 0.1) is 7.11 Å². The van der Waals surface area contributed by atoms with Crippen molar-refractivity contribution in [3.8, 4) is 17.4 Å². The smallest absolute Gasteiger partial charge is 0.321 e. The summed E-state index contributed by atoms with van der Waals surface area (Å²) in [6.07, 6.45) is 2.34. The van der Waals surface area contributed by atoms with Crippen LogP contribution < -0.4 is 10.1 Å². The Hall–Kier alpha value is -2.21. The maximum absolute atomic E-state index is 5.21. The molecule has 5 nitrogen and oxygen atoms in total. The summed E-state index contributed by atoms with van der Waals surface area (Å²) in [5, 5.41) is 6.55. The van der Waals surface area contributed by atoms with Crippen LogP contribution >= 0.6 is 11.3 Å². The Morgan fingerprint density at radius 3 is 2.86 bits per heavy atom. The largest absolute Gasteiger partial charge is 0.467 e. The van der Waals surface area contributed by atoms with Gasteiger partial charge in [0, 0.05) is 27.1 Å². The molecule has 1 aliphatic rings. The van der Waals surface area contributed by atoms with Crippen LogP contribution in [0.5, 0.6) is 6.01 Å². The lowest BCUT2D eigenvalue weighted by Crippen LogP contribution is -2.08. The number of hydrogen-bond donors (Lipinski definition) is 1. The molecule has 1 aliphatic carbocycles. The van der Waals surface area contributed by atoms with Gasteiger partial charge in [0.25, 0.3) is 0 Å². The number of benzene rings is 1. The lowest BCUT2D eigenvalue weighted by atomic mass is 10.2. The Balaban J connectivity index is 1.82. The highest BCUT2D eigenvalue weighted by Gasteiger charge is 2.23. The Bertz CT molecular complexity index is 797. The molecule has 0 aliphatic heterocycles. The fourth-order valence-electron chi connectivity index (χ4n) is 2.19. The van der Waals surface area contributed by atoms with Crippen LogP contribution in [0.2, 0.25) is 0 Å². The molecule has 0 atom stereocenters. The molecule has 3 aromatic rings. The highest BCUT2D eigenvalue weighted by molar-refractivity contribution is 7.17. The van der Waals surface area contributed by atoms with Crippen LogP contribution in [-0.4, -0.2) is 28.1 Å². The van der Waals surface area contributed by atoms with Gasteiger partial charge < -0.3 is 10.1 Å². The summed E-state index contributed by atoms with van der Waals surface area (Å²) in [5.74, 6) is 1.25. The van der Waals surface area contributed by atoms with Gasteiger partial charge in [0.15, 0.2) is 5.82 Å². The van der Waals surface area contributed by atoms with Crippen molar-refractivity contribution >= 4 is 27.4 Å². The van der Waals surface area contributed by atoms with Crippen molar-refractivity contribution in [3.05, 3.63) is 29.6 Å². The minimum Gasteiger partial charge on any atom is -0.467 e. The number of thiophene rings is 1. The van der Waals surface area contributed by atoms with Crippen LogP contribution in [0.4, 0.5) is 5.95 Å².